The quantitative estimate of drug-likeness (QED) is 0.656. The predicted molar refractivity (Wildman–Crippen MR) is 80.7 cm³/mol. The minimum absolute atomic E-state index is 0.248. The van der Waals surface area contributed by atoms with Gasteiger partial charge < -0.3 is 10.2 Å². The van der Waals surface area contributed by atoms with Crippen LogP contribution in [0.2, 0.25) is 0 Å². The molecule has 0 aliphatic rings. The first-order chi connectivity index (χ1) is 8.35. The van der Waals surface area contributed by atoms with Crippen molar-refractivity contribution in [1.82, 2.24) is 9.97 Å². The SMILES string of the molecule is CCNc1cc(N(C)CC(C)(C)C)nc(SC)n1. The molecule has 102 valence electrons. The number of nitrogens with one attached hydrogen (secondary N) is 1. The molecule has 0 amide bonds. The molecular weight excluding hydrogens is 244 g/mol. The Morgan fingerprint density at radius 3 is 2.50 bits per heavy atom. The molecule has 1 heterocycles. The van der Waals surface area contributed by atoms with E-state index in [0.29, 0.717) is 0 Å². The fraction of sp³-hybridized carbons (Fsp3) is 0.692. The maximum absolute atomic E-state index is 4.56. The number of thioether (sulfide) groups is 1. The van der Waals surface area contributed by atoms with Crippen LogP contribution in [0.3, 0.4) is 0 Å². The lowest BCUT2D eigenvalue weighted by atomic mass is 9.96. The van der Waals surface area contributed by atoms with Crippen molar-refractivity contribution < 1.29 is 0 Å². The van der Waals surface area contributed by atoms with Gasteiger partial charge in [-0.1, -0.05) is 32.5 Å². The van der Waals surface area contributed by atoms with Gasteiger partial charge in [-0.05, 0) is 18.6 Å². The fourth-order valence-electron chi connectivity index (χ4n) is 1.76. The van der Waals surface area contributed by atoms with Gasteiger partial charge in [0.1, 0.15) is 11.6 Å². The van der Waals surface area contributed by atoms with Crippen molar-refractivity contribution in [3.8, 4) is 0 Å². The molecule has 1 rings (SSSR count). The van der Waals surface area contributed by atoms with E-state index in [1.54, 1.807) is 11.8 Å². The van der Waals surface area contributed by atoms with Crippen molar-refractivity contribution in [2.45, 2.75) is 32.9 Å². The second-order valence-electron chi connectivity index (χ2n) is 5.55. The van der Waals surface area contributed by atoms with Crippen LogP contribution in [-0.2, 0) is 0 Å². The van der Waals surface area contributed by atoms with Crippen LogP contribution in [0.1, 0.15) is 27.7 Å². The minimum atomic E-state index is 0.248. The molecule has 0 atom stereocenters. The monoisotopic (exact) mass is 268 g/mol. The standard InChI is InChI=1S/C13H24N4S/c1-7-14-10-8-11(16-12(15-10)18-6)17(5)9-13(2,3)4/h8H,7,9H2,1-6H3,(H,14,15,16). The fourth-order valence-corrected chi connectivity index (χ4v) is 2.14. The Labute approximate surface area is 115 Å². The third kappa shape index (κ3) is 4.72. The van der Waals surface area contributed by atoms with Crippen LogP contribution in [0.4, 0.5) is 11.6 Å². The maximum Gasteiger partial charge on any atom is 0.191 e. The first-order valence-electron chi connectivity index (χ1n) is 6.24. The van der Waals surface area contributed by atoms with Crippen molar-refractivity contribution in [2.75, 3.05) is 36.6 Å². The van der Waals surface area contributed by atoms with Crippen LogP contribution < -0.4 is 10.2 Å². The molecule has 0 saturated carbocycles. The molecule has 0 spiro atoms. The van der Waals surface area contributed by atoms with E-state index in [1.807, 2.05) is 12.3 Å². The molecule has 5 heteroatoms. The Kier molecular flexibility index (Phi) is 5.26. The average Bonchev–Trinajstić information content (AvgIpc) is 2.26. The van der Waals surface area contributed by atoms with Gasteiger partial charge in [0.15, 0.2) is 5.16 Å². The largest absolute Gasteiger partial charge is 0.370 e. The molecule has 1 N–H and O–H groups in total. The third-order valence-corrected chi connectivity index (χ3v) is 2.88. The van der Waals surface area contributed by atoms with Gasteiger partial charge in [-0.15, -0.1) is 0 Å². The second-order valence-corrected chi connectivity index (χ2v) is 6.32. The highest BCUT2D eigenvalue weighted by Gasteiger charge is 2.16. The van der Waals surface area contributed by atoms with Gasteiger partial charge >= 0.3 is 0 Å². The zero-order chi connectivity index (χ0) is 13.8. The first kappa shape index (κ1) is 15.1. The molecule has 0 bridgehead atoms. The Hall–Kier alpha value is -0.970. The lowest BCUT2D eigenvalue weighted by Crippen LogP contribution is -2.30. The van der Waals surface area contributed by atoms with Crippen molar-refractivity contribution in [1.29, 1.82) is 0 Å². The summed E-state index contributed by atoms with van der Waals surface area (Å²) in [5.74, 6) is 1.87. The Bertz CT molecular complexity index is 387. The zero-order valence-electron chi connectivity index (χ0n) is 12.2. The molecule has 4 nitrogen and oxygen atoms in total. The summed E-state index contributed by atoms with van der Waals surface area (Å²) in [5, 5.41) is 4.06. The topological polar surface area (TPSA) is 41.0 Å². The molecule has 0 aliphatic heterocycles. The highest BCUT2D eigenvalue weighted by Crippen LogP contribution is 2.23. The molecule has 1 aromatic heterocycles. The van der Waals surface area contributed by atoms with Gasteiger partial charge in [-0.25, -0.2) is 9.97 Å². The van der Waals surface area contributed by atoms with Gasteiger partial charge in [-0.3, -0.25) is 0 Å². The molecular formula is C13H24N4S. The van der Waals surface area contributed by atoms with E-state index in [2.05, 4.69) is 54.9 Å². The van der Waals surface area contributed by atoms with Crippen LogP contribution in [0, 0.1) is 5.41 Å². The van der Waals surface area contributed by atoms with Crippen LogP contribution in [0.5, 0.6) is 0 Å². The van der Waals surface area contributed by atoms with Crippen molar-refractivity contribution in [2.24, 2.45) is 5.41 Å². The smallest absolute Gasteiger partial charge is 0.191 e. The van der Waals surface area contributed by atoms with E-state index in [-0.39, 0.29) is 5.41 Å². The number of nitrogens with zero attached hydrogens (tertiary/aromatic N) is 3. The Morgan fingerprint density at radius 2 is 2.00 bits per heavy atom. The molecule has 1 aromatic rings. The zero-order valence-corrected chi connectivity index (χ0v) is 13.1. The summed E-state index contributed by atoms with van der Waals surface area (Å²) in [6, 6.07) is 2.01. The average molecular weight is 268 g/mol. The minimum Gasteiger partial charge on any atom is -0.370 e. The molecule has 0 radical (unpaired) electrons. The summed E-state index contributed by atoms with van der Waals surface area (Å²) < 4.78 is 0. The van der Waals surface area contributed by atoms with E-state index >= 15 is 0 Å². The molecule has 0 fully saturated rings. The number of hydrogen-bond donors (Lipinski definition) is 1. The third-order valence-electron chi connectivity index (χ3n) is 2.34. The Balaban J connectivity index is 2.96. The Morgan fingerprint density at radius 1 is 1.33 bits per heavy atom. The van der Waals surface area contributed by atoms with Gasteiger partial charge in [0.05, 0.1) is 0 Å². The normalized spacial score (nSPS) is 11.4. The highest BCUT2D eigenvalue weighted by molar-refractivity contribution is 7.98. The van der Waals surface area contributed by atoms with Crippen LogP contribution in [0.25, 0.3) is 0 Å². The van der Waals surface area contributed by atoms with Crippen LogP contribution >= 0.6 is 11.8 Å². The number of rotatable bonds is 5. The van der Waals surface area contributed by atoms with Crippen molar-refractivity contribution in [3.63, 3.8) is 0 Å². The van der Waals surface area contributed by atoms with Gasteiger partial charge in [-0.2, -0.15) is 0 Å². The summed E-state index contributed by atoms with van der Waals surface area (Å²) in [4.78, 5) is 11.2. The summed E-state index contributed by atoms with van der Waals surface area (Å²) in [7, 11) is 2.08. The maximum atomic E-state index is 4.56. The van der Waals surface area contributed by atoms with E-state index in [0.717, 1.165) is 29.9 Å². The predicted octanol–water partition coefficient (Wildman–Crippen LogP) is 3.11. The molecule has 0 aliphatic carbocycles. The van der Waals surface area contributed by atoms with Gasteiger partial charge in [0.25, 0.3) is 0 Å². The van der Waals surface area contributed by atoms with E-state index in [9.17, 15) is 0 Å². The van der Waals surface area contributed by atoms with Gasteiger partial charge in [0.2, 0.25) is 0 Å². The number of hydrogen-bond acceptors (Lipinski definition) is 5. The summed E-state index contributed by atoms with van der Waals surface area (Å²) >= 11 is 1.57. The summed E-state index contributed by atoms with van der Waals surface area (Å²) in [6.45, 7) is 10.6. The molecule has 0 unspecified atom stereocenters. The lowest BCUT2D eigenvalue weighted by molar-refractivity contribution is 0.417. The molecule has 0 saturated heterocycles. The van der Waals surface area contributed by atoms with Crippen molar-refractivity contribution >= 4 is 23.4 Å². The second kappa shape index (κ2) is 6.27. The van der Waals surface area contributed by atoms with E-state index in [4.69, 9.17) is 0 Å². The summed E-state index contributed by atoms with van der Waals surface area (Å²) in [5.41, 5.74) is 0.248. The van der Waals surface area contributed by atoms with Crippen molar-refractivity contribution in [3.05, 3.63) is 6.07 Å². The highest BCUT2D eigenvalue weighted by atomic mass is 32.2. The molecule has 0 aromatic carbocycles. The molecule has 18 heavy (non-hydrogen) atoms. The van der Waals surface area contributed by atoms with Crippen LogP contribution in [0.15, 0.2) is 11.2 Å². The van der Waals surface area contributed by atoms with E-state index < -0.39 is 0 Å². The number of anilines is 2. The van der Waals surface area contributed by atoms with E-state index in [1.165, 1.54) is 0 Å². The van der Waals surface area contributed by atoms with Crippen LogP contribution in [-0.4, -0.2) is 36.4 Å². The number of aromatic nitrogens is 2. The summed E-state index contributed by atoms with van der Waals surface area (Å²) in [6.07, 6.45) is 2.00. The van der Waals surface area contributed by atoms with Gasteiger partial charge in [0, 0.05) is 26.2 Å². The first-order valence-corrected chi connectivity index (χ1v) is 7.46. The lowest BCUT2D eigenvalue weighted by Gasteiger charge is -2.27.